The Labute approximate surface area is 96.1 Å². The minimum Gasteiger partial charge on any atom is -0.497 e. The maximum atomic E-state index is 11.6. The molecule has 0 bridgehead atoms. The summed E-state index contributed by atoms with van der Waals surface area (Å²) in [6, 6.07) is 7.77. The minimum absolute atomic E-state index is 0.155. The zero-order chi connectivity index (χ0) is 12.4. The number of H-pyrrole nitrogens is 1. The molecule has 0 atom stereocenters. The van der Waals surface area contributed by atoms with Crippen molar-refractivity contribution in [1.82, 2.24) is 9.78 Å². The number of hydrogen-bond donors (Lipinski definition) is 2. The summed E-state index contributed by atoms with van der Waals surface area (Å²) in [4.78, 5) is 22.3. The van der Waals surface area contributed by atoms with Gasteiger partial charge in [-0.2, -0.15) is 0 Å². The molecule has 0 saturated heterocycles. The Morgan fingerprint density at radius 2 is 2.18 bits per heavy atom. The number of nitrogens with zero attached hydrogens (tertiary/aromatic N) is 1. The van der Waals surface area contributed by atoms with E-state index in [1.54, 1.807) is 24.3 Å². The minimum atomic E-state index is -1.18. The van der Waals surface area contributed by atoms with Crippen LogP contribution in [-0.2, 0) is 0 Å². The van der Waals surface area contributed by atoms with Crippen LogP contribution in [0.3, 0.4) is 0 Å². The number of methoxy groups -OCH3 is 1. The summed E-state index contributed by atoms with van der Waals surface area (Å²) in [5.74, 6) is -0.593. The number of aromatic carboxylic acids is 1. The predicted molar refractivity (Wildman–Crippen MR) is 59.9 cm³/mol. The first-order valence-corrected chi connectivity index (χ1v) is 4.81. The first-order valence-electron chi connectivity index (χ1n) is 4.81. The lowest BCUT2D eigenvalue weighted by molar-refractivity contribution is 0.0690. The van der Waals surface area contributed by atoms with Gasteiger partial charge in [-0.15, -0.1) is 0 Å². The summed E-state index contributed by atoms with van der Waals surface area (Å²) in [6.07, 6.45) is 0. The van der Waals surface area contributed by atoms with Gasteiger partial charge in [0.15, 0.2) is 0 Å². The number of nitrogens with one attached hydrogen (secondary N) is 1. The maximum Gasteiger partial charge on any atom is 0.353 e. The molecule has 0 aliphatic rings. The van der Waals surface area contributed by atoms with Crippen LogP contribution in [0.15, 0.2) is 35.1 Å². The van der Waals surface area contributed by atoms with E-state index < -0.39 is 11.5 Å². The summed E-state index contributed by atoms with van der Waals surface area (Å²) < 4.78 is 6.17. The largest absolute Gasteiger partial charge is 0.497 e. The van der Waals surface area contributed by atoms with Crippen molar-refractivity contribution in [2.45, 2.75) is 0 Å². The monoisotopic (exact) mass is 234 g/mol. The van der Waals surface area contributed by atoms with E-state index in [1.807, 2.05) is 0 Å². The molecule has 6 heteroatoms. The van der Waals surface area contributed by atoms with Gasteiger partial charge in [-0.1, -0.05) is 6.07 Å². The van der Waals surface area contributed by atoms with Crippen LogP contribution < -0.4 is 10.3 Å². The number of carbonyl (C=O) groups is 1. The lowest BCUT2D eigenvalue weighted by Crippen LogP contribution is -2.13. The third-order valence-electron chi connectivity index (χ3n) is 2.26. The smallest absolute Gasteiger partial charge is 0.353 e. The SMILES string of the molecule is COc1cccc(-n2[nH]c(C(=O)O)cc2=O)c1. The van der Waals surface area contributed by atoms with Gasteiger partial charge in [0, 0.05) is 12.1 Å². The topological polar surface area (TPSA) is 84.3 Å². The Bertz CT molecular complexity index is 612. The van der Waals surface area contributed by atoms with Gasteiger partial charge in [-0.05, 0) is 12.1 Å². The van der Waals surface area contributed by atoms with E-state index >= 15 is 0 Å². The van der Waals surface area contributed by atoms with Gasteiger partial charge in [-0.3, -0.25) is 9.89 Å². The van der Waals surface area contributed by atoms with Gasteiger partial charge in [-0.25, -0.2) is 9.48 Å². The van der Waals surface area contributed by atoms with Crippen molar-refractivity contribution in [3.8, 4) is 11.4 Å². The first kappa shape index (κ1) is 11.0. The second-order valence-electron chi connectivity index (χ2n) is 3.35. The highest BCUT2D eigenvalue weighted by atomic mass is 16.5. The summed E-state index contributed by atoms with van der Waals surface area (Å²) in [5.41, 5.74) is -0.0738. The lowest BCUT2D eigenvalue weighted by atomic mass is 10.3. The average Bonchev–Trinajstić information content (AvgIpc) is 2.72. The van der Waals surface area contributed by atoms with Crippen molar-refractivity contribution in [2.75, 3.05) is 7.11 Å². The molecule has 2 N–H and O–H groups in total. The molecule has 2 aromatic rings. The van der Waals surface area contributed by atoms with Gasteiger partial charge < -0.3 is 9.84 Å². The molecule has 6 nitrogen and oxygen atoms in total. The molecule has 2 rings (SSSR count). The second-order valence-corrected chi connectivity index (χ2v) is 3.35. The van der Waals surface area contributed by atoms with Crippen LogP contribution in [0.25, 0.3) is 5.69 Å². The third kappa shape index (κ3) is 2.05. The van der Waals surface area contributed by atoms with Gasteiger partial charge in [0.2, 0.25) is 0 Å². The van der Waals surface area contributed by atoms with E-state index in [4.69, 9.17) is 9.84 Å². The van der Waals surface area contributed by atoms with Crippen LogP contribution in [-0.4, -0.2) is 28.0 Å². The maximum absolute atomic E-state index is 11.6. The van der Waals surface area contributed by atoms with Crippen LogP contribution in [0, 0.1) is 0 Å². The number of aromatic nitrogens is 2. The molecule has 1 aromatic carbocycles. The molecular weight excluding hydrogens is 224 g/mol. The Balaban J connectivity index is 2.52. The van der Waals surface area contributed by atoms with Crippen molar-refractivity contribution < 1.29 is 14.6 Å². The molecule has 0 unspecified atom stereocenters. The molecule has 0 spiro atoms. The fourth-order valence-corrected chi connectivity index (χ4v) is 1.45. The number of rotatable bonds is 3. The molecule has 0 amide bonds. The fraction of sp³-hybridized carbons (Fsp3) is 0.0909. The van der Waals surface area contributed by atoms with Gasteiger partial charge in [0.05, 0.1) is 12.8 Å². The average molecular weight is 234 g/mol. The highest BCUT2D eigenvalue weighted by Crippen LogP contribution is 2.14. The molecule has 0 saturated carbocycles. The summed E-state index contributed by atoms with van der Waals surface area (Å²) >= 11 is 0. The van der Waals surface area contributed by atoms with Crippen molar-refractivity contribution in [2.24, 2.45) is 0 Å². The van der Waals surface area contributed by atoms with E-state index in [9.17, 15) is 9.59 Å². The number of hydrogen-bond acceptors (Lipinski definition) is 3. The van der Waals surface area contributed by atoms with Crippen LogP contribution >= 0.6 is 0 Å². The zero-order valence-electron chi connectivity index (χ0n) is 9.01. The quantitative estimate of drug-likeness (QED) is 0.825. The van der Waals surface area contributed by atoms with Gasteiger partial charge in [0.1, 0.15) is 11.4 Å². The van der Waals surface area contributed by atoms with Crippen LogP contribution in [0.4, 0.5) is 0 Å². The molecule has 0 aliphatic heterocycles. The van der Waals surface area contributed by atoms with Crippen LogP contribution in [0.2, 0.25) is 0 Å². The number of aromatic amines is 1. The molecular formula is C11H10N2O4. The first-order chi connectivity index (χ1) is 8.11. The van der Waals surface area contributed by atoms with E-state index in [0.717, 1.165) is 10.7 Å². The summed E-state index contributed by atoms with van der Waals surface area (Å²) in [7, 11) is 1.51. The second kappa shape index (κ2) is 4.17. The summed E-state index contributed by atoms with van der Waals surface area (Å²) in [5, 5.41) is 11.3. The molecule has 1 aromatic heterocycles. The number of ether oxygens (including phenoxy) is 1. The van der Waals surface area contributed by atoms with E-state index in [0.29, 0.717) is 11.4 Å². The van der Waals surface area contributed by atoms with Crippen molar-refractivity contribution in [3.05, 3.63) is 46.4 Å². The highest BCUT2D eigenvalue weighted by molar-refractivity contribution is 5.85. The molecule has 0 fully saturated rings. The molecule has 0 radical (unpaired) electrons. The zero-order valence-corrected chi connectivity index (χ0v) is 9.01. The van der Waals surface area contributed by atoms with E-state index in [2.05, 4.69) is 5.10 Å². The molecule has 1 heterocycles. The number of carboxylic acids is 1. The summed E-state index contributed by atoms with van der Waals surface area (Å²) in [6.45, 7) is 0. The number of carboxylic acid groups (broad SMARTS) is 1. The van der Waals surface area contributed by atoms with E-state index in [-0.39, 0.29) is 5.69 Å². The van der Waals surface area contributed by atoms with Crippen molar-refractivity contribution >= 4 is 5.97 Å². The predicted octanol–water partition coefficient (Wildman–Crippen LogP) is 0.872. The van der Waals surface area contributed by atoms with Crippen molar-refractivity contribution in [1.29, 1.82) is 0 Å². The Hall–Kier alpha value is -2.50. The molecule has 17 heavy (non-hydrogen) atoms. The van der Waals surface area contributed by atoms with E-state index in [1.165, 1.54) is 7.11 Å². The Morgan fingerprint density at radius 3 is 2.76 bits per heavy atom. The molecule has 0 aliphatic carbocycles. The van der Waals surface area contributed by atoms with Crippen molar-refractivity contribution in [3.63, 3.8) is 0 Å². The van der Waals surface area contributed by atoms with Crippen LogP contribution in [0.5, 0.6) is 5.75 Å². The van der Waals surface area contributed by atoms with Gasteiger partial charge in [0.25, 0.3) is 5.56 Å². The van der Waals surface area contributed by atoms with Gasteiger partial charge >= 0.3 is 5.97 Å². The lowest BCUT2D eigenvalue weighted by Gasteiger charge is -2.04. The third-order valence-corrected chi connectivity index (χ3v) is 2.26. The Kier molecular flexibility index (Phi) is 2.70. The molecule has 88 valence electrons. The standard InChI is InChI=1S/C11H10N2O4/c1-17-8-4-2-3-7(5-8)13-10(14)6-9(12-13)11(15)16/h2-6,12H,1H3,(H,15,16). The van der Waals surface area contributed by atoms with Crippen LogP contribution in [0.1, 0.15) is 10.5 Å². The highest BCUT2D eigenvalue weighted by Gasteiger charge is 2.10. The normalized spacial score (nSPS) is 10.2. The fourth-order valence-electron chi connectivity index (χ4n) is 1.45. The number of benzene rings is 1. The Morgan fingerprint density at radius 1 is 1.41 bits per heavy atom.